The monoisotopic (exact) mass is 370 g/mol. The van der Waals surface area contributed by atoms with Crippen LogP contribution in [0.3, 0.4) is 0 Å². The van der Waals surface area contributed by atoms with Gasteiger partial charge in [0.1, 0.15) is 6.04 Å². The molecule has 7 nitrogen and oxygen atoms in total. The van der Waals surface area contributed by atoms with Gasteiger partial charge in [0.15, 0.2) is 0 Å². The topological polar surface area (TPSA) is 95.7 Å². The van der Waals surface area contributed by atoms with Gasteiger partial charge < -0.3 is 10.6 Å². The van der Waals surface area contributed by atoms with Gasteiger partial charge in [-0.2, -0.15) is 0 Å². The third-order valence-electron chi connectivity index (χ3n) is 6.09. The molecule has 3 aliphatic rings. The molecule has 7 heteroatoms. The maximum atomic E-state index is 12.9. The number of piperidine rings is 1. The summed E-state index contributed by atoms with van der Waals surface area (Å²) in [6, 6.07) is 6.22. The molecule has 0 bridgehead atoms. The Balaban J connectivity index is 1.46. The van der Waals surface area contributed by atoms with Crippen molar-refractivity contribution in [2.45, 2.75) is 63.3 Å². The lowest BCUT2D eigenvalue weighted by molar-refractivity contribution is -0.136. The Morgan fingerprint density at radius 1 is 1.22 bits per heavy atom. The van der Waals surface area contributed by atoms with Crippen LogP contribution >= 0.6 is 0 Å². The summed E-state index contributed by atoms with van der Waals surface area (Å²) in [6.45, 7) is 1.20. The Hall–Kier alpha value is -2.25. The van der Waals surface area contributed by atoms with Gasteiger partial charge in [0, 0.05) is 37.2 Å². The lowest BCUT2D eigenvalue weighted by Crippen LogP contribution is -2.52. The van der Waals surface area contributed by atoms with Gasteiger partial charge in [-0.3, -0.25) is 24.6 Å². The van der Waals surface area contributed by atoms with Crippen LogP contribution in [0.2, 0.25) is 0 Å². The maximum absolute atomic E-state index is 12.9. The van der Waals surface area contributed by atoms with Crippen molar-refractivity contribution in [1.82, 2.24) is 15.1 Å². The summed E-state index contributed by atoms with van der Waals surface area (Å²) in [5.74, 6) is -0.755. The molecular formula is C20H26N4O3. The molecule has 3 N–H and O–H groups in total. The Morgan fingerprint density at radius 3 is 2.74 bits per heavy atom. The molecule has 2 fully saturated rings. The summed E-state index contributed by atoms with van der Waals surface area (Å²) in [5, 5.41) is 2.34. The number of hydrogen-bond acceptors (Lipinski definition) is 5. The van der Waals surface area contributed by atoms with Gasteiger partial charge >= 0.3 is 0 Å². The standard InChI is InChI=1S/C20H26N4O3/c1-23(15-5-4-14(21)9-15)10-12-2-3-13-11-24(20(27)16(13)8-12)17-6-7-18(25)22-19(17)26/h2-3,8,14-15,17H,4-7,9-11,21H2,1H3,(H,22,25,26). The van der Waals surface area contributed by atoms with E-state index in [1.54, 1.807) is 4.90 Å². The lowest BCUT2D eigenvalue weighted by Gasteiger charge is -2.29. The molecule has 1 aromatic carbocycles. The van der Waals surface area contributed by atoms with E-state index < -0.39 is 6.04 Å². The molecule has 1 aliphatic carbocycles. The van der Waals surface area contributed by atoms with Gasteiger partial charge in [-0.15, -0.1) is 0 Å². The molecule has 1 saturated heterocycles. The molecule has 2 aliphatic heterocycles. The van der Waals surface area contributed by atoms with Crippen LogP contribution in [-0.2, 0) is 22.7 Å². The number of carbonyl (C=O) groups excluding carboxylic acids is 3. The van der Waals surface area contributed by atoms with E-state index in [2.05, 4.69) is 23.3 Å². The van der Waals surface area contributed by atoms with Crippen LogP contribution in [0.1, 0.15) is 53.6 Å². The van der Waals surface area contributed by atoms with Crippen molar-refractivity contribution >= 4 is 17.7 Å². The van der Waals surface area contributed by atoms with E-state index in [0.717, 1.165) is 36.9 Å². The predicted octanol–water partition coefficient (Wildman–Crippen LogP) is 0.759. The fourth-order valence-electron chi connectivity index (χ4n) is 4.51. The number of imide groups is 1. The van der Waals surface area contributed by atoms with E-state index in [0.29, 0.717) is 30.6 Å². The van der Waals surface area contributed by atoms with Gasteiger partial charge in [-0.05, 0) is 49.9 Å². The average molecular weight is 370 g/mol. The normalized spacial score (nSPS) is 28.0. The minimum Gasteiger partial charge on any atom is -0.328 e. The van der Waals surface area contributed by atoms with Crippen LogP contribution in [-0.4, -0.2) is 52.7 Å². The number of benzene rings is 1. The number of rotatable bonds is 4. The minimum atomic E-state index is -0.561. The number of nitrogens with one attached hydrogen (secondary N) is 1. The number of nitrogens with two attached hydrogens (primary N) is 1. The first-order valence-corrected chi connectivity index (χ1v) is 9.64. The summed E-state index contributed by atoms with van der Waals surface area (Å²) >= 11 is 0. The number of hydrogen-bond donors (Lipinski definition) is 2. The van der Waals surface area contributed by atoms with Crippen LogP contribution in [0.4, 0.5) is 0 Å². The number of nitrogens with zero attached hydrogens (tertiary/aromatic N) is 2. The quantitative estimate of drug-likeness (QED) is 0.763. The molecule has 1 saturated carbocycles. The fraction of sp³-hybridized carbons (Fsp3) is 0.550. The molecule has 0 radical (unpaired) electrons. The maximum Gasteiger partial charge on any atom is 0.255 e. The Labute approximate surface area is 158 Å². The first-order valence-electron chi connectivity index (χ1n) is 9.64. The van der Waals surface area contributed by atoms with Crippen molar-refractivity contribution in [3.8, 4) is 0 Å². The van der Waals surface area contributed by atoms with Gasteiger partial charge in [0.05, 0.1) is 0 Å². The Kier molecular flexibility index (Phi) is 4.74. The molecule has 1 aromatic rings. The average Bonchev–Trinajstić information content (AvgIpc) is 3.19. The lowest BCUT2D eigenvalue weighted by atomic mass is 10.0. The van der Waals surface area contributed by atoms with Gasteiger partial charge in [0.2, 0.25) is 11.8 Å². The molecule has 3 amide bonds. The van der Waals surface area contributed by atoms with E-state index in [9.17, 15) is 14.4 Å². The SMILES string of the molecule is CN(Cc1ccc2c(c1)C(=O)N(C1CCC(=O)NC1=O)C2)C1CCC(N)C1. The number of fused-ring (bicyclic) bond motifs is 1. The fourth-order valence-corrected chi connectivity index (χ4v) is 4.51. The van der Waals surface area contributed by atoms with Crippen molar-refractivity contribution in [1.29, 1.82) is 0 Å². The third kappa shape index (κ3) is 3.49. The third-order valence-corrected chi connectivity index (χ3v) is 6.09. The minimum absolute atomic E-state index is 0.119. The van der Waals surface area contributed by atoms with Gasteiger partial charge in [0.25, 0.3) is 5.91 Å². The molecule has 3 unspecified atom stereocenters. The smallest absolute Gasteiger partial charge is 0.255 e. The zero-order valence-electron chi connectivity index (χ0n) is 15.6. The van der Waals surface area contributed by atoms with E-state index in [4.69, 9.17) is 5.73 Å². The van der Waals surface area contributed by atoms with Crippen LogP contribution in [0.25, 0.3) is 0 Å². The summed E-state index contributed by atoms with van der Waals surface area (Å²) < 4.78 is 0. The Morgan fingerprint density at radius 2 is 2.04 bits per heavy atom. The van der Waals surface area contributed by atoms with E-state index in [-0.39, 0.29) is 24.1 Å². The second-order valence-corrected chi connectivity index (χ2v) is 8.03. The second-order valence-electron chi connectivity index (χ2n) is 8.03. The van der Waals surface area contributed by atoms with Crippen molar-refractivity contribution < 1.29 is 14.4 Å². The highest BCUT2D eigenvalue weighted by Gasteiger charge is 2.39. The number of amides is 3. The molecule has 0 spiro atoms. The highest BCUT2D eigenvalue weighted by molar-refractivity contribution is 6.05. The summed E-state index contributed by atoms with van der Waals surface area (Å²) in [5.41, 5.74) is 8.73. The molecule has 27 heavy (non-hydrogen) atoms. The van der Waals surface area contributed by atoms with E-state index in [1.807, 2.05) is 12.1 Å². The van der Waals surface area contributed by atoms with Gasteiger partial charge in [-0.1, -0.05) is 12.1 Å². The van der Waals surface area contributed by atoms with E-state index >= 15 is 0 Å². The first-order chi connectivity index (χ1) is 12.9. The molecule has 2 heterocycles. The van der Waals surface area contributed by atoms with Crippen molar-refractivity contribution in [2.75, 3.05) is 7.05 Å². The summed E-state index contributed by atoms with van der Waals surface area (Å²) in [7, 11) is 2.10. The van der Waals surface area contributed by atoms with Crippen LogP contribution in [0.5, 0.6) is 0 Å². The van der Waals surface area contributed by atoms with Crippen LogP contribution in [0, 0.1) is 0 Å². The largest absolute Gasteiger partial charge is 0.328 e. The highest BCUT2D eigenvalue weighted by atomic mass is 16.2. The summed E-state index contributed by atoms with van der Waals surface area (Å²) in [6.07, 6.45) is 3.87. The molecule has 0 aromatic heterocycles. The van der Waals surface area contributed by atoms with Crippen LogP contribution in [0.15, 0.2) is 18.2 Å². The van der Waals surface area contributed by atoms with Gasteiger partial charge in [-0.25, -0.2) is 0 Å². The van der Waals surface area contributed by atoms with Crippen molar-refractivity contribution in [2.24, 2.45) is 5.73 Å². The zero-order chi connectivity index (χ0) is 19.1. The molecular weight excluding hydrogens is 344 g/mol. The Bertz CT molecular complexity index is 793. The first kappa shape index (κ1) is 18.1. The predicted molar refractivity (Wildman–Crippen MR) is 99.6 cm³/mol. The summed E-state index contributed by atoms with van der Waals surface area (Å²) in [4.78, 5) is 40.3. The number of carbonyl (C=O) groups is 3. The second kappa shape index (κ2) is 7.05. The van der Waals surface area contributed by atoms with Crippen molar-refractivity contribution in [3.63, 3.8) is 0 Å². The molecule has 3 atom stereocenters. The van der Waals surface area contributed by atoms with Crippen molar-refractivity contribution in [3.05, 3.63) is 34.9 Å². The molecule has 4 rings (SSSR count). The van der Waals surface area contributed by atoms with E-state index in [1.165, 1.54) is 0 Å². The van der Waals surface area contributed by atoms with Crippen LogP contribution < -0.4 is 11.1 Å². The zero-order valence-corrected chi connectivity index (χ0v) is 15.6. The highest BCUT2D eigenvalue weighted by Crippen LogP contribution is 2.29. The molecule has 144 valence electrons.